The fourth-order valence-corrected chi connectivity index (χ4v) is 3.36. The standard InChI is InChI=1S/C15H17BrS/c1-11(2)9-12-3-5-13(6-4-12)15(16)14-7-8-17-10-14/h3-8,10-11,15H,9H2,1-2H3. The van der Waals surface area contributed by atoms with Gasteiger partial charge in [-0.05, 0) is 45.9 Å². The summed E-state index contributed by atoms with van der Waals surface area (Å²) in [6.45, 7) is 4.51. The first-order chi connectivity index (χ1) is 8.16. The molecule has 0 nitrogen and oxygen atoms in total. The van der Waals surface area contributed by atoms with Crippen molar-refractivity contribution in [3.05, 3.63) is 57.8 Å². The average molecular weight is 309 g/mol. The highest BCUT2D eigenvalue weighted by Gasteiger charge is 2.10. The minimum absolute atomic E-state index is 0.321. The SMILES string of the molecule is CC(C)Cc1ccc(C(Br)c2ccsc2)cc1. The lowest BCUT2D eigenvalue weighted by Gasteiger charge is -2.10. The number of hydrogen-bond acceptors (Lipinski definition) is 1. The summed E-state index contributed by atoms with van der Waals surface area (Å²) < 4.78 is 0. The summed E-state index contributed by atoms with van der Waals surface area (Å²) in [5.74, 6) is 0.720. The molecule has 0 fully saturated rings. The summed E-state index contributed by atoms with van der Waals surface area (Å²) in [7, 11) is 0. The second-order valence-electron chi connectivity index (χ2n) is 4.76. The van der Waals surface area contributed by atoms with Gasteiger partial charge in [0.25, 0.3) is 0 Å². The Hall–Kier alpha value is -0.600. The van der Waals surface area contributed by atoms with E-state index in [1.54, 1.807) is 11.3 Å². The van der Waals surface area contributed by atoms with Crippen molar-refractivity contribution in [2.45, 2.75) is 25.1 Å². The maximum Gasteiger partial charge on any atom is 0.0652 e. The van der Waals surface area contributed by atoms with E-state index in [1.807, 2.05) is 0 Å². The van der Waals surface area contributed by atoms with Crippen LogP contribution in [-0.4, -0.2) is 0 Å². The van der Waals surface area contributed by atoms with Crippen molar-refractivity contribution in [1.29, 1.82) is 0 Å². The second kappa shape index (κ2) is 5.83. The smallest absolute Gasteiger partial charge is 0.0652 e. The van der Waals surface area contributed by atoms with E-state index in [9.17, 15) is 0 Å². The van der Waals surface area contributed by atoms with Crippen molar-refractivity contribution in [2.24, 2.45) is 5.92 Å². The molecule has 0 aliphatic carbocycles. The minimum Gasteiger partial charge on any atom is -0.152 e. The zero-order chi connectivity index (χ0) is 12.3. The van der Waals surface area contributed by atoms with E-state index < -0.39 is 0 Å². The van der Waals surface area contributed by atoms with Gasteiger partial charge in [0.15, 0.2) is 0 Å². The maximum absolute atomic E-state index is 3.76. The summed E-state index contributed by atoms with van der Waals surface area (Å²) in [4.78, 5) is 0.321. The zero-order valence-corrected chi connectivity index (χ0v) is 12.6. The molecule has 0 saturated carbocycles. The first-order valence-electron chi connectivity index (χ1n) is 5.92. The molecule has 0 aliphatic rings. The van der Waals surface area contributed by atoms with Crippen LogP contribution in [0.1, 0.15) is 35.4 Å². The molecule has 0 saturated heterocycles. The van der Waals surface area contributed by atoms with E-state index in [4.69, 9.17) is 0 Å². The van der Waals surface area contributed by atoms with Crippen LogP contribution in [0.2, 0.25) is 0 Å². The third-order valence-corrected chi connectivity index (χ3v) is 4.51. The van der Waals surface area contributed by atoms with E-state index in [2.05, 4.69) is 70.9 Å². The second-order valence-corrected chi connectivity index (χ2v) is 6.45. The molecule has 0 radical (unpaired) electrons. The lowest BCUT2D eigenvalue weighted by atomic mass is 10.00. The molecule has 0 bridgehead atoms. The summed E-state index contributed by atoms with van der Waals surface area (Å²) in [5.41, 5.74) is 4.09. The molecule has 17 heavy (non-hydrogen) atoms. The Morgan fingerprint density at radius 3 is 2.29 bits per heavy atom. The topological polar surface area (TPSA) is 0 Å². The van der Waals surface area contributed by atoms with Gasteiger partial charge in [-0.1, -0.05) is 54.0 Å². The maximum atomic E-state index is 3.76. The molecular weight excluding hydrogens is 292 g/mol. The van der Waals surface area contributed by atoms with Crippen LogP contribution in [0.3, 0.4) is 0 Å². The van der Waals surface area contributed by atoms with Gasteiger partial charge in [0.1, 0.15) is 0 Å². The third-order valence-electron chi connectivity index (χ3n) is 2.75. The average Bonchev–Trinajstić information content (AvgIpc) is 2.82. The minimum atomic E-state index is 0.321. The molecule has 0 amide bonds. The van der Waals surface area contributed by atoms with Crippen molar-refractivity contribution in [2.75, 3.05) is 0 Å². The van der Waals surface area contributed by atoms with Gasteiger partial charge in [-0.25, -0.2) is 0 Å². The van der Waals surface area contributed by atoms with Gasteiger partial charge < -0.3 is 0 Å². The summed E-state index contributed by atoms with van der Waals surface area (Å²) >= 11 is 5.50. The van der Waals surface area contributed by atoms with Crippen molar-refractivity contribution < 1.29 is 0 Å². The van der Waals surface area contributed by atoms with Crippen LogP contribution < -0.4 is 0 Å². The van der Waals surface area contributed by atoms with Crippen molar-refractivity contribution in [1.82, 2.24) is 0 Å². The third kappa shape index (κ3) is 3.43. The molecule has 2 rings (SSSR count). The summed E-state index contributed by atoms with van der Waals surface area (Å²) in [6.07, 6.45) is 1.16. The van der Waals surface area contributed by atoms with Gasteiger partial charge >= 0.3 is 0 Å². The Balaban J connectivity index is 2.12. The van der Waals surface area contributed by atoms with E-state index in [1.165, 1.54) is 16.7 Å². The van der Waals surface area contributed by atoms with E-state index in [-0.39, 0.29) is 0 Å². The van der Waals surface area contributed by atoms with Gasteiger partial charge in [0.05, 0.1) is 4.83 Å². The molecule has 0 aliphatic heterocycles. The monoisotopic (exact) mass is 308 g/mol. The van der Waals surface area contributed by atoms with Gasteiger partial charge in [-0.15, -0.1) is 0 Å². The largest absolute Gasteiger partial charge is 0.152 e. The number of rotatable bonds is 4. The highest BCUT2D eigenvalue weighted by atomic mass is 79.9. The Labute approximate surface area is 116 Å². The molecule has 1 aromatic heterocycles. The first kappa shape index (κ1) is 12.8. The predicted molar refractivity (Wildman–Crippen MR) is 80.1 cm³/mol. The molecule has 1 unspecified atom stereocenters. The summed E-state index contributed by atoms with van der Waals surface area (Å²) in [5, 5.41) is 4.32. The first-order valence-corrected chi connectivity index (χ1v) is 7.77. The highest BCUT2D eigenvalue weighted by Crippen LogP contribution is 2.32. The molecule has 2 heteroatoms. The molecule has 0 N–H and O–H groups in total. The fourth-order valence-electron chi connectivity index (χ4n) is 1.91. The Bertz CT molecular complexity index is 442. The number of benzene rings is 1. The van der Waals surface area contributed by atoms with E-state index >= 15 is 0 Å². The van der Waals surface area contributed by atoms with Gasteiger partial charge in [0.2, 0.25) is 0 Å². The molecule has 90 valence electrons. The van der Waals surface area contributed by atoms with Gasteiger partial charge in [0, 0.05) is 0 Å². The van der Waals surface area contributed by atoms with Crippen LogP contribution >= 0.6 is 27.3 Å². The molecule has 0 spiro atoms. The van der Waals surface area contributed by atoms with Crippen LogP contribution in [0, 0.1) is 5.92 Å². The quantitative estimate of drug-likeness (QED) is 0.661. The van der Waals surface area contributed by atoms with Gasteiger partial charge in [-0.2, -0.15) is 11.3 Å². The molecule has 2 aromatic rings. The zero-order valence-electron chi connectivity index (χ0n) is 10.2. The van der Waals surface area contributed by atoms with Crippen molar-refractivity contribution in [3.63, 3.8) is 0 Å². The van der Waals surface area contributed by atoms with Crippen molar-refractivity contribution >= 4 is 27.3 Å². The Morgan fingerprint density at radius 1 is 1.06 bits per heavy atom. The van der Waals surface area contributed by atoms with E-state index in [0.717, 1.165) is 12.3 Å². The van der Waals surface area contributed by atoms with Crippen LogP contribution in [-0.2, 0) is 6.42 Å². The predicted octanol–water partition coefficient (Wildman–Crippen LogP) is 5.43. The number of thiophene rings is 1. The molecule has 1 heterocycles. The highest BCUT2D eigenvalue weighted by molar-refractivity contribution is 9.09. The lowest BCUT2D eigenvalue weighted by molar-refractivity contribution is 0.647. The number of alkyl halides is 1. The lowest BCUT2D eigenvalue weighted by Crippen LogP contribution is -1.95. The van der Waals surface area contributed by atoms with Gasteiger partial charge in [-0.3, -0.25) is 0 Å². The van der Waals surface area contributed by atoms with Crippen molar-refractivity contribution in [3.8, 4) is 0 Å². The molecular formula is C15H17BrS. The molecule has 1 atom stereocenters. The fraction of sp³-hybridized carbons (Fsp3) is 0.333. The van der Waals surface area contributed by atoms with Crippen LogP contribution in [0.25, 0.3) is 0 Å². The van der Waals surface area contributed by atoms with Crippen LogP contribution in [0.15, 0.2) is 41.1 Å². The van der Waals surface area contributed by atoms with E-state index in [0.29, 0.717) is 4.83 Å². The van der Waals surface area contributed by atoms with Crippen LogP contribution in [0.4, 0.5) is 0 Å². The van der Waals surface area contributed by atoms with Crippen LogP contribution in [0.5, 0.6) is 0 Å². The number of hydrogen-bond donors (Lipinski definition) is 0. The number of halogens is 1. The Morgan fingerprint density at radius 2 is 1.76 bits per heavy atom. The Kier molecular flexibility index (Phi) is 4.41. The molecule has 1 aromatic carbocycles. The summed E-state index contributed by atoms with van der Waals surface area (Å²) in [6, 6.07) is 11.1. The normalized spacial score (nSPS) is 12.9.